The van der Waals surface area contributed by atoms with Gasteiger partial charge >= 0.3 is 6.09 Å². The summed E-state index contributed by atoms with van der Waals surface area (Å²) >= 11 is 0. The molecule has 0 unspecified atom stereocenters. The molecule has 0 spiro atoms. The van der Waals surface area contributed by atoms with Gasteiger partial charge in [-0.25, -0.2) is 4.79 Å². The predicted molar refractivity (Wildman–Crippen MR) is 83.3 cm³/mol. The van der Waals surface area contributed by atoms with Crippen LogP contribution in [-0.4, -0.2) is 18.1 Å². The lowest BCUT2D eigenvalue weighted by atomic mass is 10.1. The summed E-state index contributed by atoms with van der Waals surface area (Å²) in [6, 6.07) is 17.5. The molecule has 5 nitrogen and oxygen atoms in total. The summed E-state index contributed by atoms with van der Waals surface area (Å²) in [6.45, 7) is 0.0884. The molecule has 2 aromatic rings. The number of ether oxygens (including phenoxy) is 1. The first-order valence-electron chi connectivity index (χ1n) is 7.37. The number of benzene rings is 2. The summed E-state index contributed by atoms with van der Waals surface area (Å²) in [5, 5.41) is 13.5. The summed E-state index contributed by atoms with van der Waals surface area (Å²) in [5.74, 6) is -1.32. The second-order valence-electron chi connectivity index (χ2n) is 5.10. The molecule has 2 rings (SSSR count). The van der Waals surface area contributed by atoms with Gasteiger partial charge in [-0.3, -0.25) is 0 Å². The van der Waals surface area contributed by atoms with Gasteiger partial charge in [-0.1, -0.05) is 60.7 Å². The first-order valence-corrected chi connectivity index (χ1v) is 7.37. The molecule has 0 aliphatic rings. The molecular weight excluding hydrogens is 294 g/mol. The highest BCUT2D eigenvalue weighted by molar-refractivity contribution is 5.78. The maximum absolute atomic E-state index is 11.7. The Kier molecular flexibility index (Phi) is 6.17. The van der Waals surface area contributed by atoms with Crippen LogP contribution in [0, 0.1) is 0 Å². The Morgan fingerprint density at radius 3 is 2.09 bits per heavy atom. The van der Waals surface area contributed by atoms with E-state index in [0.29, 0.717) is 6.42 Å². The first kappa shape index (κ1) is 16.5. The van der Waals surface area contributed by atoms with Crippen molar-refractivity contribution in [2.24, 2.45) is 0 Å². The van der Waals surface area contributed by atoms with Crippen LogP contribution in [0.5, 0.6) is 0 Å². The number of aryl methyl sites for hydroxylation is 1. The van der Waals surface area contributed by atoms with E-state index in [-0.39, 0.29) is 13.0 Å². The normalized spacial score (nSPS) is 11.5. The minimum Gasteiger partial charge on any atom is -0.548 e. The minimum absolute atomic E-state index is 0.0884. The van der Waals surface area contributed by atoms with Crippen molar-refractivity contribution < 1.29 is 19.4 Å². The highest BCUT2D eigenvalue weighted by atomic mass is 16.5. The minimum atomic E-state index is -1.32. The number of hydrogen-bond acceptors (Lipinski definition) is 4. The van der Waals surface area contributed by atoms with E-state index < -0.39 is 18.1 Å². The van der Waals surface area contributed by atoms with Gasteiger partial charge in [-0.15, -0.1) is 0 Å². The third kappa shape index (κ3) is 5.82. The average molecular weight is 312 g/mol. The van der Waals surface area contributed by atoms with Gasteiger partial charge in [0.25, 0.3) is 0 Å². The summed E-state index contributed by atoms with van der Waals surface area (Å²) in [7, 11) is 0. The van der Waals surface area contributed by atoms with E-state index in [9.17, 15) is 14.7 Å². The molecule has 1 N–H and O–H groups in total. The van der Waals surface area contributed by atoms with Crippen molar-refractivity contribution in [2.75, 3.05) is 0 Å². The zero-order valence-electron chi connectivity index (χ0n) is 12.6. The Morgan fingerprint density at radius 1 is 0.957 bits per heavy atom. The van der Waals surface area contributed by atoms with Crippen molar-refractivity contribution in [3.63, 3.8) is 0 Å². The second kappa shape index (κ2) is 8.58. The van der Waals surface area contributed by atoms with Crippen LogP contribution >= 0.6 is 0 Å². The third-order valence-electron chi connectivity index (χ3n) is 3.35. The number of carboxylic acid groups (broad SMARTS) is 1. The molecule has 0 radical (unpaired) electrons. The molecule has 0 fully saturated rings. The topological polar surface area (TPSA) is 78.5 Å². The van der Waals surface area contributed by atoms with E-state index >= 15 is 0 Å². The second-order valence-corrected chi connectivity index (χ2v) is 5.10. The summed E-state index contributed by atoms with van der Waals surface area (Å²) in [5.41, 5.74) is 1.83. The zero-order chi connectivity index (χ0) is 16.5. The van der Waals surface area contributed by atoms with E-state index in [2.05, 4.69) is 5.32 Å². The SMILES string of the molecule is O=C(N[C@H](CCc1ccccc1)C(=O)[O-])OCc1ccccc1. The number of carbonyl (C=O) groups is 2. The lowest BCUT2D eigenvalue weighted by molar-refractivity contribution is -0.308. The van der Waals surface area contributed by atoms with Crippen molar-refractivity contribution in [1.82, 2.24) is 5.32 Å². The molecule has 0 aromatic heterocycles. The predicted octanol–water partition coefficient (Wildman–Crippen LogP) is 1.66. The van der Waals surface area contributed by atoms with Gasteiger partial charge in [0.15, 0.2) is 0 Å². The van der Waals surface area contributed by atoms with Gasteiger partial charge < -0.3 is 20.0 Å². The summed E-state index contributed by atoms with van der Waals surface area (Å²) in [6.07, 6.45) is 0.00160. The Hall–Kier alpha value is -2.82. The molecule has 0 heterocycles. The molecule has 5 heteroatoms. The molecule has 0 aliphatic heterocycles. The molecule has 0 saturated heterocycles. The first-order chi connectivity index (χ1) is 11.1. The fourth-order valence-corrected chi connectivity index (χ4v) is 2.11. The quantitative estimate of drug-likeness (QED) is 0.843. The Labute approximate surface area is 134 Å². The fourth-order valence-electron chi connectivity index (χ4n) is 2.11. The molecule has 0 saturated carbocycles. The van der Waals surface area contributed by atoms with Crippen LogP contribution < -0.4 is 10.4 Å². The van der Waals surface area contributed by atoms with Crippen molar-refractivity contribution in [1.29, 1.82) is 0 Å². The van der Waals surface area contributed by atoms with E-state index in [1.807, 2.05) is 60.7 Å². The number of rotatable bonds is 7. The molecule has 120 valence electrons. The number of carbonyl (C=O) groups excluding carboxylic acids is 2. The molecule has 1 amide bonds. The largest absolute Gasteiger partial charge is 0.548 e. The maximum atomic E-state index is 11.7. The van der Waals surface area contributed by atoms with Crippen LogP contribution in [0.1, 0.15) is 17.5 Å². The standard InChI is InChI=1S/C18H19NO4/c20-17(21)16(12-11-14-7-3-1-4-8-14)19-18(22)23-13-15-9-5-2-6-10-15/h1-10,16H,11-13H2,(H,19,22)(H,20,21)/p-1/t16-/m1/s1. The van der Waals surface area contributed by atoms with E-state index in [1.54, 1.807) is 0 Å². The highest BCUT2D eigenvalue weighted by Crippen LogP contribution is 2.06. The van der Waals surface area contributed by atoms with Crippen LogP contribution in [0.15, 0.2) is 60.7 Å². The summed E-state index contributed by atoms with van der Waals surface area (Å²) in [4.78, 5) is 22.9. The fraction of sp³-hybridized carbons (Fsp3) is 0.222. The molecule has 2 aromatic carbocycles. The van der Waals surface area contributed by atoms with Gasteiger partial charge in [0.1, 0.15) is 6.61 Å². The lowest BCUT2D eigenvalue weighted by Gasteiger charge is -2.19. The van der Waals surface area contributed by atoms with Gasteiger partial charge in [-0.2, -0.15) is 0 Å². The molecule has 23 heavy (non-hydrogen) atoms. The smallest absolute Gasteiger partial charge is 0.407 e. The van der Waals surface area contributed by atoms with Crippen molar-refractivity contribution >= 4 is 12.1 Å². The van der Waals surface area contributed by atoms with Crippen LogP contribution in [0.4, 0.5) is 4.79 Å². The molecule has 1 atom stereocenters. The average Bonchev–Trinajstić information content (AvgIpc) is 2.58. The molecule has 0 bridgehead atoms. The Bertz CT molecular complexity index is 628. The van der Waals surface area contributed by atoms with E-state index in [0.717, 1.165) is 11.1 Å². The van der Waals surface area contributed by atoms with E-state index in [1.165, 1.54) is 0 Å². The van der Waals surface area contributed by atoms with Crippen LogP contribution in [0.3, 0.4) is 0 Å². The number of alkyl carbamates (subject to hydrolysis) is 1. The third-order valence-corrected chi connectivity index (χ3v) is 3.35. The highest BCUT2D eigenvalue weighted by Gasteiger charge is 2.14. The van der Waals surface area contributed by atoms with Crippen molar-refractivity contribution in [2.45, 2.75) is 25.5 Å². The summed E-state index contributed by atoms with van der Waals surface area (Å²) < 4.78 is 5.02. The monoisotopic (exact) mass is 312 g/mol. The number of aliphatic carboxylic acids is 1. The van der Waals surface area contributed by atoms with Gasteiger partial charge in [0.2, 0.25) is 0 Å². The lowest BCUT2D eigenvalue weighted by Crippen LogP contribution is -2.48. The molecule has 0 aliphatic carbocycles. The van der Waals surface area contributed by atoms with Crippen LogP contribution in [-0.2, 0) is 22.6 Å². The van der Waals surface area contributed by atoms with Crippen molar-refractivity contribution in [3.05, 3.63) is 71.8 Å². The van der Waals surface area contributed by atoms with Crippen molar-refractivity contribution in [3.8, 4) is 0 Å². The van der Waals surface area contributed by atoms with Crippen LogP contribution in [0.2, 0.25) is 0 Å². The maximum Gasteiger partial charge on any atom is 0.407 e. The van der Waals surface area contributed by atoms with Gasteiger partial charge in [0, 0.05) is 0 Å². The Morgan fingerprint density at radius 2 is 1.52 bits per heavy atom. The zero-order valence-corrected chi connectivity index (χ0v) is 12.6. The number of carboxylic acids is 1. The number of nitrogens with one attached hydrogen (secondary N) is 1. The molecular formula is C18H18NO4-. The van der Waals surface area contributed by atoms with Gasteiger partial charge in [0.05, 0.1) is 12.0 Å². The Balaban J connectivity index is 1.81. The number of amides is 1. The number of hydrogen-bond donors (Lipinski definition) is 1. The van der Waals surface area contributed by atoms with Crippen LogP contribution in [0.25, 0.3) is 0 Å². The van der Waals surface area contributed by atoms with Gasteiger partial charge in [-0.05, 0) is 24.0 Å². The van der Waals surface area contributed by atoms with E-state index in [4.69, 9.17) is 4.74 Å².